The fourth-order valence-corrected chi connectivity index (χ4v) is 2.86. The second-order valence-corrected chi connectivity index (χ2v) is 7.18. The summed E-state index contributed by atoms with van der Waals surface area (Å²) >= 11 is 0. The van der Waals surface area contributed by atoms with E-state index >= 15 is 0 Å². The van der Waals surface area contributed by atoms with Crippen LogP contribution in [0.5, 0.6) is 5.75 Å². The van der Waals surface area contributed by atoms with Gasteiger partial charge in [-0.1, -0.05) is 17.7 Å². The highest BCUT2D eigenvalue weighted by molar-refractivity contribution is 14.0. The number of nitrogens with one attached hydrogen (secondary N) is 2. The molecule has 1 aliphatic heterocycles. The Hall–Kier alpha value is -1.73. The zero-order valence-corrected chi connectivity index (χ0v) is 20.5. The van der Waals surface area contributed by atoms with E-state index in [2.05, 4.69) is 25.3 Å². The molecule has 1 aromatic rings. The molecule has 11 heteroatoms. The van der Waals surface area contributed by atoms with Crippen LogP contribution in [0.2, 0.25) is 0 Å². The predicted octanol–water partition coefficient (Wildman–Crippen LogP) is 1.67. The summed E-state index contributed by atoms with van der Waals surface area (Å²) in [4.78, 5) is 20.1. The van der Waals surface area contributed by atoms with E-state index in [-0.39, 0.29) is 48.7 Å². The molecule has 0 unspecified atom stereocenters. The van der Waals surface area contributed by atoms with E-state index in [4.69, 9.17) is 4.74 Å². The molecule has 1 fully saturated rings. The van der Waals surface area contributed by atoms with Crippen LogP contribution in [-0.2, 0) is 16.1 Å². The van der Waals surface area contributed by atoms with Gasteiger partial charge in [-0.05, 0) is 13.0 Å². The third-order valence-corrected chi connectivity index (χ3v) is 4.57. The number of morpholine rings is 1. The molecule has 2 rings (SSSR count). The van der Waals surface area contributed by atoms with Crippen LogP contribution in [0.4, 0.5) is 8.78 Å². The number of hydrogen-bond donors (Lipinski definition) is 2. The third kappa shape index (κ3) is 10.4. The molecule has 176 valence electrons. The van der Waals surface area contributed by atoms with Gasteiger partial charge in [0.1, 0.15) is 5.75 Å². The number of likely N-dealkylation sites (N-methyl/N-ethyl adjacent to an activating group) is 1. The number of nitrogens with zero attached hydrogens (tertiary/aromatic N) is 3. The standard InChI is InChI=1S/C20H31F2N5O3.HI/c1-15-4-5-17(30-19(21)22)16(12-15)13-24-20(25-14-18(28)26(2)3)23-6-7-27-8-10-29-11-9-27;/h4-5,12,19H,6-11,13-14H2,1-3H3,(H2,23,24,25);1H. The molecule has 0 saturated carbocycles. The van der Waals surface area contributed by atoms with Crippen LogP contribution >= 0.6 is 24.0 Å². The number of carbonyl (C=O) groups excluding carboxylic acids is 1. The first-order valence-electron chi connectivity index (χ1n) is 9.92. The lowest BCUT2D eigenvalue weighted by Gasteiger charge is -2.26. The van der Waals surface area contributed by atoms with E-state index in [0.29, 0.717) is 18.1 Å². The first-order chi connectivity index (χ1) is 14.3. The van der Waals surface area contributed by atoms with Crippen molar-refractivity contribution in [1.82, 2.24) is 20.4 Å². The normalized spacial score (nSPS) is 14.7. The predicted molar refractivity (Wildman–Crippen MR) is 126 cm³/mol. The number of guanidine groups is 1. The summed E-state index contributed by atoms with van der Waals surface area (Å²) in [5.74, 6) is 0.425. The van der Waals surface area contributed by atoms with Gasteiger partial charge in [-0.2, -0.15) is 8.78 Å². The molecule has 1 saturated heterocycles. The van der Waals surface area contributed by atoms with E-state index < -0.39 is 6.61 Å². The highest BCUT2D eigenvalue weighted by Gasteiger charge is 2.12. The first-order valence-corrected chi connectivity index (χ1v) is 9.92. The summed E-state index contributed by atoms with van der Waals surface area (Å²) in [5, 5.41) is 6.20. The topological polar surface area (TPSA) is 78.4 Å². The quantitative estimate of drug-likeness (QED) is 0.275. The molecule has 1 aromatic carbocycles. The van der Waals surface area contributed by atoms with E-state index in [0.717, 1.165) is 38.4 Å². The minimum atomic E-state index is -2.91. The van der Waals surface area contributed by atoms with Crippen molar-refractivity contribution < 1.29 is 23.0 Å². The lowest BCUT2D eigenvalue weighted by molar-refractivity contribution is -0.127. The summed E-state index contributed by atoms with van der Waals surface area (Å²) < 4.78 is 35.3. The average molecular weight is 555 g/mol. The molecular weight excluding hydrogens is 523 g/mol. The number of hydrogen-bond acceptors (Lipinski definition) is 5. The van der Waals surface area contributed by atoms with Crippen LogP contribution in [-0.4, -0.2) is 88.3 Å². The zero-order valence-electron chi connectivity index (χ0n) is 18.2. The number of ether oxygens (including phenoxy) is 2. The van der Waals surface area contributed by atoms with Gasteiger partial charge in [0.15, 0.2) is 5.96 Å². The number of benzene rings is 1. The maximum absolute atomic E-state index is 12.7. The number of aliphatic imine (C=N–C) groups is 1. The molecule has 31 heavy (non-hydrogen) atoms. The van der Waals surface area contributed by atoms with Gasteiger partial charge in [-0.15, -0.1) is 24.0 Å². The lowest BCUT2D eigenvalue weighted by atomic mass is 10.1. The van der Waals surface area contributed by atoms with Crippen molar-refractivity contribution in [2.45, 2.75) is 20.1 Å². The Bertz CT molecular complexity index is 716. The number of aryl methyl sites for hydroxylation is 1. The van der Waals surface area contributed by atoms with E-state index in [9.17, 15) is 13.6 Å². The number of rotatable bonds is 9. The SMILES string of the molecule is Cc1ccc(OC(F)F)c(CN=C(NCCN2CCOCC2)NCC(=O)N(C)C)c1.I. The van der Waals surface area contributed by atoms with Crippen molar-refractivity contribution in [2.75, 3.05) is 60.0 Å². The van der Waals surface area contributed by atoms with Gasteiger partial charge in [0.05, 0.1) is 26.3 Å². The van der Waals surface area contributed by atoms with E-state index in [1.165, 1.54) is 11.0 Å². The van der Waals surface area contributed by atoms with Gasteiger partial charge in [0.25, 0.3) is 0 Å². The van der Waals surface area contributed by atoms with Gasteiger partial charge in [0.2, 0.25) is 5.91 Å². The molecule has 0 atom stereocenters. The highest BCUT2D eigenvalue weighted by Crippen LogP contribution is 2.22. The van der Waals surface area contributed by atoms with Gasteiger partial charge in [-0.3, -0.25) is 9.69 Å². The molecule has 0 aromatic heterocycles. The van der Waals surface area contributed by atoms with Crippen LogP contribution in [0.15, 0.2) is 23.2 Å². The minimum Gasteiger partial charge on any atom is -0.434 e. The largest absolute Gasteiger partial charge is 0.434 e. The van der Waals surface area contributed by atoms with Crippen molar-refractivity contribution in [3.63, 3.8) is 0 Å². The van der Waals surface area contributed by atoms with Crippen LogP contribution in [0.25, 0.3) is 0 Å². The summed E-state index contributed by atoms with van der Waals surface area (Å²) in [6.45, 7) is 3.78. The van der Waals surface area contributed by atoms with Gasteiger partial charge in [-0.25, -0.2) is 4.99 Å². The molecule has 0 bridgehead atoms. The molecule has 0 radical (unpaired) electrons. The summed E-state index contributed by atoms with van der Waals surface area (Å²) in [5.41, 5.74) is 1.46. The molecule has 1 aliphatic rings. The Morgan fingerprint density at radius 3 is 2.65 bits per heavy atom. The van der Waals surface area contributed by atoms with Crippen molar-refractivity contribution in [1.29, 1.82) is 0 Å². The third-order valence-electron chi connectivity index (χ3n) is 4.57. The number of amides is 1. The molecule has 0 aliphatic carbocycles. The van der Waals surface area contributed by atoms with Crippen LogP contribution in [0.3, 0.4) is 0 Å². The second-order valence-electron chi connectivity index (χ2n) is 7.18. The van der Waals surface area contributed by atoms with E-state index in [1.54, 1.807) is 26.2 Å². The molecule has 1 amide bonds. The van der Waals surface area contributed by atoms with Gasteiger partial charge in [0, 0.05) is 45.8 Å². The maximum Gasteiger partial charge on any atom is 0.387 e. The Kier molecular flexibility index (Phi) is 12.6. The summed E-state index contributed by atoms with van der Waals surface area (Å²) in [6.07, 6.45) is 0. The Labute approximate surface area is 199 Å². The monoisotopic (exact) mass is 555 g/mol. The molecule has 8 nitrogen and oxygen atoms in total. The van der Waals surface area contributed by atoms with Crippen LogP contribution in [0.1, 0.15) is 11.1 Å². The molecule has 2 N–H and O–H groups in total. The number of halogens is 3. The molecule has 1 heterocycles. The van der Waals surface area contributed by atoms with E-state index in [1.807, 2.05) is 6.92 Å². The highest BCUT2D eigenvalue weighted by atomic mass is 127. The van der Waals surface area contributed by atoms with Crippen molar-refractivity contribution in [3.8, 4) is 5.75 Å². The first kappa shape index (κ1) is 27.3. The average Bonchev–Trinajstić information content (AvgIpc) is 2.71. The summed E-state index contributed by atoms with van der Waals surface area (Å²) in [7, 11) is 3.35. The smallest absolute Gasteiger partial charge is 0.387 e. The second kappa shape index (κ2) is 14.4. The lowest BCUT2D eigenvalue weighted by Crippen LogP contribution is -2.46. The fraction of sp³-hybridized carbons (Fsp3) is 0.600. The molecular formula is C20H32F2IN5O3. The van der Waals surface area contributed by atoms with Gasteiger partial charge < -0.3 is 25.0 Å². The Morgan fingerprint density at radius 1 is 1.29 bits per heavy atom. The van der Waals surface area contributed by atoms with Gasteiger partial charge >= 0.3 is 6.61 Å². The minimum absolute atomic E-state index is 0. The van der Waals surface area contributed by atoms with Crippen molar-refractivity contribution in [3.05, 3.63) is 29.3 Å². The van der Waals surface area contributed by atoms with Crippen LogP contribution < -0.4 is 15.4 Å². The van der Waals surface area contributed by atoms with Crippen molar-refractivity contribution >= 4 is 35.8 Å². The zero-order chi connectivity index (χ0) is 21.9. The number of alkyl halides is 2. The number of carbonyl (C=O) groups is 1. The molecule has 0 spiro atoms. The fourth-order valence-electron chi connectivity index (χ4n) is 2.86. The summed E-state index contributed by atoms with van der Waals surface area (Å²) in [6, 6.07) is 4.98. The Balaban J connectivity index is 0.00000480. The van der Waals surface area contributed by atoms with Crippen molar-refractivity contribution in [2.24, 2.45) is 4.99 Å². The van der Waals surface area contributed by atoms with Crippen LogP contribution in [0, 0.1) is 6.92 Å². The Morgan fingerprint density at radius 2 is 2.00 bits per heavy atom. The maximum atomic E-state index is 12.7.